The molecule has 0 aliphatic heterocycles. The molecule has 0 atom stereocenters. The van der Waals surface area contributed by atoms with Gasteiger partial charge in [0.25, 0.3) is 0 Å². The number of aryl methyl sites for hydroxylation is 1. The van der Waals surface area contributed by atoms with E-state index in [-0.39, 0.29) is 6.54 Å². The molecule has 0 saturated carbocycles. The fraction of sp³-hybridized carbons (Fsp3) is 0.444. The Hall–Kier alpha value is -1.66. The van der Waals surface area contributed by atoms with Gasteiger partial charge in [0.1, 0.15) is 6.54 Å². The second-order valence-corrected chi connectivity index (χ2v) is 3.26. The Labute approximate surface area is 90.4 Å². The molecule has 1 heterocycles. The third-order valence-corrected chi connectivity index (χ3v) is 1.93. The largest absolute Gasteiger partial charge is 0.405 e. The number of amides is 2. The quantitative estimate of drug-likeness (QED) is 0.817. The second-order valence-electron chi connectivity index (χ2n) is 3.26. The van der Waals surface area contributed by atoms with E-state index >= 15 is 0 Å². The summed E-state index contributed by atoms with van der Waals surface area (Å²) in [5.41, 5.74) is 0.808. The summed E-state index contributed by atoms with van der Waals surface area (Å²) >= 11 is 0. The predicted molar refractivity (Wildman–Crippen MR) is 51.7 cm³/mol. The Morgan fingerprint density at radius 1 is 1.44 bits per heavy atom. The first-order valence-corrected chi connectivity index (χ1v) is 4.57. The fourth-order valence-corrected chi connectivity index (χ4v) is 1.09. The first-order valence-electron chi connectivity index (χ1n) is 4.57. The molecule has 1 aromatic rings. The molecule has 2 amide bonds. The highest BCUT2D eigenvalue weighted by Gasteiger charge is 2.27. The van der Waals surface area contributed by atoms with Gasteiger partial charge in [-0.05, 0) is 12.1 Å². The molecule has 0 spiro atoms. The number of nitrogens with one attached hydrogen (secondary N) is 2. The maximum Gasteiger partial charge on any atom is 0.405 e. The predicted octanol–water partition coefficient (Wildman–Crippen LogP) is 1.39. The van der Waals surface area contributed by atoms with Crippen LogP contribution in [0.5, 0.6) is 0 Å². The zero-order valence-corrected chi connectivity index (χ0v) is 8.64. The summed E-state index contributed by atoms with van der Waals surface area (Å²) in [7, 11) is 1.78. The second kappa shape index (κ2) is 4.91. The zero-order chi connectivity index (χ0) is 12.2. The minimum Gasteiger partial charge on any atom is -0.353 e. The van der Waals surface area contributed by atoms with Crippen LogP contribution < -0.4 is 10.6 Å². The number of nitrogens with zero attached hydrogens (tertiary/aromatic N) is 1. The molecule has 1 rings (SSSR count). The van der Waals surface area contributed by atoms with Gasteiger partial charge in [0.15, 0.2) is 0 Å². The Morgan fingerprint density at radius 2 is 2.12 bits per heavy atom. The van der Waals surface area contributed by atoms with Crippen molar-refractivity contribution in [2.75, 3.05) is 6.54 Å². The van der Waals surface area contributed by atoms with Gasteiger partial charge in [-0.2, -0.15) is 13.2 Å². The van der Waals surface area contributed by atoms with Crippen LogP contribution in [0.1, 0.15) is 5.69 Å². The number of urea groups is 1. The lowest BCUT2D eigenvalue weighted by Gasteiger charge is -2.10. The molecule has 0 aliphatic carbocycles. The first-order chi connectivity index (χ1) is 7.38. The molecular formula is C9H12F3N3O. The maximum atomic E-state index is 11.7. The van der Waals surface area contributed by atoms with Gasteiger partial charge in [-0.1, -0.05) is 0 Å². The number of alkyl halides is 3. The number of halogens is 3. The van der Waals surface area contributed by atoms with Gasteiger partial charge >= 0.3 is 12.2 Å². The molecule has 4 nitrogen and oxygen atoms in total. The molecule has 0 radical (unpaired) electrons. The molecule has 0 aliphatic rings. The molecule has 90 valence electrons. The maximum absolute atomic E-state index is 11.7. The highest BCUT2D eigenvalue weighted by molar-refractivity contribution is 5.73. The van der Waals surface area contributed by atoms with Crippen molar-refractivity contribution in [3.8, 4) is 0 Å². The third kappa shape index (κ3) is 4.24. The Balaban J connectivity index is 2.29. The smallest absolute Gasteiger partial charge is 0.353 e. The highest BCUT2D eigenvalue weighted by Crippen LogP contribution is 2.11. The van der Waals surface area contributed by atoms with E-state index in [1.54, 1.807) is 35.3 Å². The van der Waals surface area contributed by atoms with Gasteiger partial charge in [0.2, 0.25) is 0 Å². The van der Waals surface area contributed by atoms with Crippen LogP contribution in [-0.2, 0) is 13.6 Å². The lowest BCUT2D eigenvalue weighted by molar-refractivity contribution is -0.122. The molecule has 0 bridgehead atoms. The molecule has 2 N–H and O–H groups in total. The number of carbonyl (C=O) groups excluding carboxylic acids is 1. The van der Waals surface area contributed by atoms with Crippen molar-refractivity contribution in [3.05, 3.63) is 24.0 Å². The zero-order valence-electron chi connectivity index (χ0n) is 8.64. The minimum absolute atomic E-state index is 0.188. The van der Waals surface area contributed by atoms with Crippen LogP contribution in [0.4, 0.5) is 18.0 Å². The Kier molecular flexibility index (Phi) is 3.81. The van der Waals surface area contributed by atoms with Gasteiger partial charge in [0.05, 0.1) is 6.54 Å². The van der Waals surface area contributed by atoms with E-state index in [9.17, 15) is 18.0 Å². The van der Waals surface area contributed by atoms with E-state index in [2.05, 4.69) is 5.32 Å². The molecule has 16 heavy (non-hydrogen) atoms. The summed E-state index contributed by atoms with van der Waals surface area (Å²) in [6.07, 6.45) is -2.60. The standard InChI is InChI=1S/C9H12F3N3O/c1-15-4-2-3-7(15)5-13-8(16)14-6-9(10,11)12/h2-4H,5-6H2,1H3,(H2,13,14,16). The van der Waals surface area contributed by atoms with Crippen molar-refractivity contribution in [2.45, 2.75) is 12.7 Å². The lowest BCUT2D eigenvalue weighted by Crippen LogP contribution is -2.40. The van der Waals surface area contributed by atoms with Crippen LogP contribution in [0.2, 0.25) is 0 Å². The Bertz CT molecular complexity index is 359. The minimum atomic E-state index is -4.39. The normalized spacial score (nSPS) is 11.2. The highest BCUT2D eigenvalue weighted by atomic mass is 19.4. The molecule has 0 saturated heterocycles. The van der Waals surface area contributed by atoms with Crippen LogP contribution in [0.3, 0.4) is 0 Å². The van der Waals surface area contributed by atoms with E-state index in [1.165, 1.54) is 0 Å². The summed E-state index contributed by atoms with van der Waals surface area (Å²) in [6.45, 7) is -1.14. The average molecular weight is 235 g/mol. The van der Waals surface area contributed by atoms with Gasteiger partial charge in [-0.15, -0.1) is 0 Å². The summed E-state index contributed by atoms with van der Waals surface area (Å²) in [5.74, 6) is 0. The van der Waals surface area contributed by atoms with Gasteiger partial charge in [-0.25, -0.2) is 4.79 Å². The average Bonchev–Trinajstić information content (AvgIpc) is 2.57. The van der Waals surface area contributed by atoms with Crippen molar-refractivity contribution in [2.24, 2.45) is 7.05 Å². The van der Waals surface area contributed by atoms with E-state index in [4.69, 9.17) is 0 Å². The lowest BCUT2D eigenvalue weighted by atomic mass is 10.4. The van der Waals surface area contributed by atoms with Crippen LogP contribution in [0.15, 0.2) is 18.3 Å². The number of carbonyl (C=O) groups is 1. The van der Waals surface area contributed by atoms with E-state index in [0.29, 0.717) is 0 Å². The number of aromatic nitrogens is 1. The van der Waals surface area contributed by atoms with Crippen molar-refractivity contribution < 1.29 is 18.0 Å². The molecule has 0 unspecified atom stereocenters. The molecular weight excluding hydrogens is 223 g/mol. The third-order valence-electron chi connectivity index (χ3n) is 1.93. The fourth-order valence-electron chi connectivity index (χ4n) is 1.09. The van der Waals surface area contributed by atoms with Crippen molar-refractivity contribution in [1.82, 2.24) is 15.2 Å². The van der Waals surface area contributed by atoms with Crippen LogP contribution in [0.25, 0.3) is 0 Å². The van der Waals surface area contributed by atoms with Gasteiger partial charge < -0.3 is 15.2 Å². The van der Waals surface area contributed by atoms with Crippen LogP contribution in [0, 0.1) is 0 Å². The number of hydrogen-bond donors (Lipinski definition) is 2. The summed E-state index contributed by atoms with van der Waals surface area (Å²) < 4.78 is 37.0. The summed E-state index contributed by atoms with van der Waals surface area (Å²) in [6, 6.07) is 2.72. The van der Waals surface area contributed by atoms with Crippen LogP contribution >= 0.6 is 0 Å². The number of hydrogen-bond acceptors (Lipinski definition) is 1. The van der Waals surface area contributed by atoms with E-state index < -0.39 is 18.8 Å². The van der Waals surface area contributed by atoms with Gasteiger partial charge in [-0.3, -0.25) is 0 Å². The van der Waals surface area contributed by atoms with Crippen molar-refractivity contribution >= 4 is 6.03 Å². The SMILES string of the molecule is Cn1cccc1CNC(=O)NCC(F)(F)F. The Morgan fingerprint density at radius 3 is 2.62 bits per heavy atom. The molecule has 0 aromatic carbocycles. The first kappa shape index (κ1) is 12.4. The summed E-state index contributed by atoms with van der Waals surface area (Å²) in [5, 5.41) is 4.05. The number of rotatable bonds is 3. The summed E-state index contributed by atoms with van der Waals surface area (Å²) in [4.78, 5) is 11.0. The van der Waals surface area contributed by atoms with Crippen molar-refractivity contribution in [3.63, 3.8) is 0 Å². The molecule has 1 aromatic heterocycles. The molecule has 7 heteroatoms. The van der Waals surface area contributed by atoms with E-state index in [1.807, 2.05) is 0 Å². The van der Waals surface area contributed by atoms with Crippen LogP contribution in [-0.4, -0.2) is 23.3 Å². The molecule has 0 fully saturated rings. The van der Waals surface area contributed by atoms with Crippen molar-refractivity contribution in [1.29, 1.82) is 0 Å². The van der Waals surface area contributed by atoms with E-state index in [0.717, 1.165) is 5.69 Å². The van der Waals surface area contributed by atoms with Gasteiger partial charge in [0, 0.05) is 18.9 Å². The monoisotopic (exact) mass is 235 g/mol. The topological polar surface area (TPSA) is 46.1 Å².